The maximum Gasteiger partial charge on any atom is 0.273 e. The number of thiazole rings is 1. The lowest BCUT2D eigenvalue weighted by atomic mass is 9.87. The summed E-state index contributed by atoms with van der Waals surface area (Å²) in [6.07, 6.45) is 2.54. The van der Waals surface area contributed by atoms with Gasteiger partial charge < -0.3 is 14.4 Å². The Morgan fingerprint density at radius 1 is 1.11 bits per heavy atom. The lowest BCUT2D eigenvalue weighted by Gasteiger charge is -2.30. The van der Waals surface area contributed by atoms with Crippen LogP contribution in [0.5, 0.6) is 16.7 Å². The fourth-order valence-corrected chi connectivity index (χ4v) is 4.35. The van der Waals surface area contributed by atoms with Gasteiger partial charge in [0, 0.05) is 35.7 Å². The van der Waals surface area contributed by atoms with E-state index < -0.39 is 0 Å². The fraction of sp³-hybridized carbons (Fsp3) is 0.238. The number of hydrogen-bond acceptors (Lipinski definition) is 5. The van der Waals surface area contributed by atoms with Crippen molar-refractivity contribution in [2.24, 2.45) is 0 Å². The number of carbonyl (C=O) groups excluding carboxylic acids is 1. The normalized spacial score (nSPS) is 18.5. The van der Waals surface area contributed by atoms with E-state index in [4.69, 9.17) is 9.47 Å². The van der Waals surface area contributed by atoms with Gasteiger partial charge >= 0.3 is 0 Å². The summed E-state index contributed by atoms with van der Waals surface area (Å²) in [5.74, 6) is 1.27. The summed E-state index contributed by atoms with van der Waals surface area (Å²) >= 11 is 1.48. The number of ether oxygens (including phenoxy) is 2. The van der Waals surface area contributed by atoms with Gasteiger partial charge in [-0.1, -0.05) is 47.7 Å². The van der Waals surface area contributed by atoms with E-state index in [0.717, 1.165) is 29.0 Å². The highest BCUT2D eigenvalue weighted by Gasteiger charge is 2.38. The van der Waals surface area contributed by atoms with Crippen molar-refractivity contribution >= 4 is 17.2 Å². The number of rotatable bonds is 3. The lowest BCUT2D eigenvalue weighted by molar-refractivity contribution is -0.131. The van der Waals surface area contributed by atoms with Crippen LogP contribution in [0.3, 0.4) is 0 Å². The number of para-hydroxylation sites is 2. The highest BCUT2D eigenvalue weighted by Crippen LogP contribution is 2.45. The molecule has 1 aromatic heterocycles. The second kappa shape index (κ2) is 6.70. The molecule has 136 valence electrons. The van der Waals surface area contributed by atoms with E-state index in [-0.39, 0.29) is 17.9 Å². The molecule has 0 spiro atoms. The number of carbonyl (C=O) groups is 1. The Balaban J connectivity index is 1.42. The molecule has 1 unspecified atom stereocenters. The minimum Gasteiger partial charge on any atom is -0.465 e. The molecule has 2 aliphatic heterocycles. The molecule has 2 aliphatic rings. The molecule has 0 N–H and O–H groups in total. The van der Waals surface area contributed by atoms with Crippen LogP contribution in [0.25, 0.3) is 0 Å². The van der Waals surface area contributed by atoms with Crippen LogP contribution in [0.2, 0.25) is 0 Å². The molecule has 2 aromatic carbocycles. The smallest absolute Gasteiger partial charge is 0.273 e. The number of amides is 1. The number of benzene rings is 2. The maximum absolute atomic E-state index is 13.5. The van der Waals surface area contributed by atoms with Gasteiger partial charge in [-0.25, -0.2) is 4.98 Å². The number of likely N-dealkylation sites (tertiary alicyclic amines) is 1. The Kier molecular flexibility index (Phi) is 4.05. The molecule has 0 aliphatic carbocycles. The molecule has 27 heavy (non-hydrogen) atoms. The van der Waals surface area contributed by atoms with Crippen LogP contribution >= 0.6 is 11.3 Å². The summed E-state index contributed by atoms with van der Waals surface area (Å²) in [4.78, 5) is 19.6. The second-order valence-electron chi connectivity index (χ2n) is 6.72. The zero-order valence-corrected chi connectivity index (χ0v) is 15.4. The summed E-state index contributed by atoms with van der Waals surface area (Å²) < 4.78 is 11.9. The van der Waals surface area contributed by atoms with Gasteiger partial charge in [-0.2, -0.15) is 0 Å². The van der Waals surface area contributed by atoms with Crippen molar-refractivity contribution in [3.63, 3.8) is 0 Å². The molecule has 0 saturated carbocycles. The van der Waals surface area contributed by atoms with Crippen LogP contribution < -0.4 is 9.47 Å². The van der Waals surface area contributed by atoms with Gasteiger partial charge in [-0.15, -0.1) is 0 Å². The monoisotopic (exact) mass is 378 g/mol. The fourth-order valence-electron chi connectivity index (χ4n) is 3.79. The number of nitrogens with zero attached hydrogens (tertiary/aromatic N) is 2. The van der Waals surface area contributed by atoms with Crippen LogP contribution in [-0.2, 0) is 4.79 Å². The van der Waals surface area contributed by atoms with Crippen LogP contribution in [0.4, 0.5) is 0 Å². The van der Waals surface area contributed by atoms with Crippen molar-refractivity contribution in [3.8, 4) is 16.7 Å². The molecule has 3 aromatic rings. The summed E-state index contributed by atoms with van der Waals surface area (Å²) in [5, 5.41) is 2.55. The quantitative estimate of drug-likeness (QED) is 0.690. The maximum atomic E-state index is 13.5. The average molecular weight is 378 g/mol. The van der Waals surface area contributed by atoms with Crippen molar-refractivity contribution in [1.82, 2.24) is 9.88 Å². The predicted molar refractivity (Wildman–Crippen MR) is 103 cm³/mol. The first-order valence-electron chi connectivity index (χ1n) is 9.00. The van der Waals surface area contributed by atoms with E-state index in [9.17, 15) is 4.79 Å². The second-order valence-corrected chi connectivity index (χ2v) is 7.58. The minimum absolute atomic E-state index is 0.00886. The molecule has 0 radical (unpaired) electrons. The molecule has 5 rings (SSSR count). The van der Waals surface area contributed by atoms with Crippen molar-refractivity contribution in [3.05, 3.63) is 71.2 Å². The third kappa shape index (κ3) is 2.96. The molecule has 1 atom stereocenters. The molecule has 6 heteroatoms. The van der Waals surface area contributed by atoms with Crippen LogP contribution in [0.15, 0.2) is 60.1 Å². The Bertz CT molecular complexity index is 928. The van der Waals surface area contributed by atoms with Gasteiger partial charge in [0.05, 0.1) is 12.5 Å². The molecular weight excluding hydrogens is 360 g/mol. The van der Waals surface area contributed by atoms with E-state index in [1.807, 2.05) is 58.8 Å². The molecule has 3 heterocycles. The van der Waals surface area contributed by atoms with E-state index in [1.165, 1.54) is 11.3 Å². The van der Waals surface area contributed by atoms with Crippen molar-refractivity contribution in [1.29, 1.82) is 0 Å². The highest BCUT2D eigenvalue weighted by atomic mass is 32.1. The Morgan fingerprint density at radius 3 is 2.48 bits per heavy atom. The Morgan fingerprint density at radius 2 is 1.81 bits per heavy atom. The predicted octanol–water partition coefficient (Wildman–Crippen LogP) is 4.06. The minimum atomic E-state index is -0.343. The van der Waals surface area contributed by atoms with Crippen molar-refractivity contribution < 1.29 is 14.3 Å². The molecule has 5 nitrogen and oxygen atoms in total. The molecule has 0 bridgehead atoms. The van der Waals surface area contributed by atoms with E-state index in [0.29, 0.717) is 18.3 Å². The van der Waals surface area contributed by atoms with Gasteiger partial charge in [0.1, 0.15) is 17.6 Å². The van der Waals surface area contributed by atoms with E-state index in [2.05, 4.69) is 4.98 Å². The SMILES string of the molecule is O=C(C1c2ccccc2Oc2ccccc21)N1CCC(Oc2nccs2)C1. The summed E-state index contributed by atoms with van der Waals surface area (Å²) in [6, 6.07) is 15.6. The van der Waals surface area contributed by atoms with Crippen molar-refractivity contribution in [2.75, 3.05) is 13.1 Å². The van der Waals surface area contributed by atoms with Crippen molar-refractivity contribution in [2.45, 2.75) is 18.4 Å². The third-order valence-corrected chi connectivity index (χ3v) is 5.72. The molecule has 1 saturated heterocycles. The topological polar surface area (TPSA) is 51.7 Å². The molecule has 1 amide bonds. The van der Waals surface area contributed by atoms with Gasteiger partial charge in [0.15, 0.2) is 0 Å². The summed E-state index contributed by atoms with van der Waals surface area (Å²) in [5.41, 5.74) is 1.84. The van der Waals surface area contributed by atoms with Gasteiger partial charge in [0.25, 0.3) is 5.19 Å². The van der Waals surface area contributed by atoms with Crippen LogP contribution in [0.1, 0.15) is 23.5 Å². The molecule has 1 fully saturated rings. The Labute approximate surface area is 161 Å². The largest absolute Gasteiger partial charge is 0.465 e. The van der Waals surface area contributed by atoms with Gasteiger partial charge in [-0.3, -0.25) is 4.79 Å². The molecular formula is C21H18N2O3S. The first-order valence-corrected chi connectivity index (χ1v) is 9.88. The van der Waals surface area contributed by atoms with Crippen LogP contribution in [0, 0.1) is 0 Å². The van der Waals surface area contributed by atoms with E-state index in [1.54, 1.807) is 6.20 Å². The van der Waals surface area contributed by atoms with E-state index >= 15 is 0 Å². The number of hydrogen-bond donors (Lipinski definition) is 0. The number of aromatic nitrogens is 1. The zero-order valence-electron chi connectivity index (χ0n) is 14.6. The number of fused-ring (bicyclic) bond motifs is 2. The summed E-state index contributed by atoms with van der Waals surface area (Å²) in [7, 11) is 0. The van der Waals surface area contributed by atoms with Gasteiger partial charge in [-0.05, 0) is 12.1 Å². The zero-order chi connectivity index (χ0) is 18.2. The Hall–Kier alpha value is -2.86. The summed E-state index contributed by atoms with van der Waals surface area (Å²) in [6.45, 7) is 1.27. The first kappa shape index (κ1) is 16.3. The average Bonchev–Trinajstić information content (AvgIpc) is 3.38. The third-order valence-electron chi connectivity index (χ3n) is 5.06. The van der Waals surface area contributed by atoms with Gasteiger partial charge in [0.2, 0.25) is 5.91 Å². The standard InChI is InChI=1S/C21H18N2O3S/c24-20(23-11-9-14(13-23)25-21-22-10-12-27-21)19-15-5-1-3-7-17(15)26-18-8-4-2-6-16(18)19/h1-8,10,12,14,19H,9,11,13H2. The lowest BCUT2D eigenvalue weighted by Crippen LogP contribution is -2.36. The first-order chi connectivity index (χ1) is 13.3. The highest BCUT2D eigenvalue weighted by molar-refractivity contribution is 7.11. The van der Waals surface area contributed by atoms with Crippen LogP contribution in [-0.4, -0.2) is 35.0 Å².